The van der Waals surface area contributed by atoms with Gasteiger partial charge < -0.3 is 10.4 Å². The molecule has 1 aromatic carbocycles. The summed E-state index contributed by atoms with van der Waals surface area (Å²) in [7, 11) is 0. The molecule has 0 spiro atoms. The quantitative estimate of drug-likeness (QED) is 0.835. The number of benzene rings is 1. The molecule has 4 heteroatoms. The molecule has 1 aromatic rings. The molecule has 0 atom stereocenters. The Morgan fingerprint density at radius 3 is 2.29 bits per heavy atom. The lowest BCUT2D eigenvalue weighted by Crippen LogP contribution is -2.61. The normalized spacial score (nSPS) is 39.4. The van der Waals surface area contributed by atoms with Crippen LogP contribution in [0.1, 0.15) is 37.7 Å². The van der Waals surface area contributed by atoms with Crippen LogP contribution < -0.4 is 5.32 Å². The fourth-order valence-corrected chi connectivity index (χ4v) is 6.04. The summed E-state index contributed by atoms with van der Waals surface area (Å²) in [6, 6.07) is 12.5. The van der Waals surface area contributed by atoms with E-state index < -0.39 is 0 Å². The van der Waals surface area contributed by atoms with Gasteiger partial charge in [-0.15, -0.1) is 0 Å². The Hall–Kier alpha value is -1.86. The van der Waals surface area contributed by atoms with Gasteiger partial charge in [0.05, 0.1) is 12.2 Å². The van der Waals surface area contributed by atoms with E-state index in [-0.39, 0.29) is 24.0 Å². The van der Waals surface area contributed by atoms with E-state index in [1.807, 2.05) is 12.1 Å². The Morgan fingerprint density at radius 2 is 1.75 bits per heavy atom. The van der Waals surface area contributed by atoms with Crippen molar-refractivity contribution in [2.24, 2.45) is 23.7 Å². The Balaban J connectivity index is 1.70. The van der Waals surface area contributed by atoms with Crippen molar-refractivity contribution in [1.82, 2.24) is 5.32 Å². The Bertz CT molecular complexity index is 634. The third-order valence-corrected chi connectivity index (χ3v) is 6.90. The highest BCUT2D eigenvalue weighted by Gasteiger charge is 2.60. The molecule has 24 heavy (non-hydrogen) atoms. The van der Waals surface area contributed by atoms with Crippen LogP contribution in [0.3, 0.4) is 0 Å². The maximum Gasteiger partial charge on any atom is 0.221 e. The minimum Gasteiger partial charge on any atom is -0.393 e. The first-order valence-electron chi connectivity index (χ1n) is 9.02. The van der Waals surface area contributed by atoms with Crippen molar-refractivity contribution in [3.63, 3.8) is 0 Å². The van der Waals surface area contributed by atoms with Crippen molar-refractivity contribution in [1.29, 1.82) is 5.26 Å². The molecule has 0 unspecified atom stereocenters. The van der Waals surface area contributed by atoms with Crippen LogP contribution in [0.2, 0.25) is 0 Å². The molecular formula is C20H24N2O2. The molecule has 4 bridgehead atoms. The molecule has 0 radical (unpaired) electrons. The van der Waals surface area contributed by atoms with Crippen LogP contribution in [-0.4, -0.2) is 23.7 Å². The molecule has 1 amide bonds. The van der Waals surface area contributed by atoms with Gasteiger partial charge in [0.2, 0.25) is 5.91 Å². The number of nitrogens with zero attached hydrogens (tertiary/aromatic N) is 1. The van der Waals surface area contributed by atoms with Crippen LogP contribution in [0.4, 0.5) is 0 Å². The average Bonchev–Trinajstić information content (AvgIpc) is 2.59. The zero-order valence-corrected chi connectivity index (χ0v) is 13.8. The predicted molar refractivity (Wildman–Crippen MR) is 89.8 cm³/mol. The number of nitrogens with one attached hydrogen (secondary N) is 1. The second kappa shape index (κ2) is 5.89. The standard InChI is InChI=1S/C20H24N2O2/c21-6-7-22-18(23)12-20(15-4-2-1-3-5-15)16-8-13-9-17(20)11-14(10-16)19(13)24/h1-5,13-14,16-17,19,24H,7-12H2,(H,22,23). The maximum absolute atomic E-state index is 12.5. The van der Waals surface area contributed by atoms with E-state index >= 15 is 0 Å². The molecule has 5 rings (SSSR count). The monoisotopic (exact) mass is 324 g/mol. The van der Waals surface area contributed by atoms with Crippen molar-refractivity contribution >= 4 is 5.91 Å². The zero-order chi connectivity index (χ0) is 16.7. The summed E-state index contributed by atoms with van der Waals surface area (Å²) in [6.07, 6.45) is 4.41. The highest BCUT2D eigenvalue weighted by molar-refractivity contribution is 5.78. The molecule has 126 valence electrons. The van der Waals surface area contributed by atoms with Gasteiger partial charge in [-0.1, -0.05) is 30.3 Å². The van der Waals surface area contributed by atoms with Crippen LogP contribution in [-0.2, 0) is 10.2 Å². The molecule has 0 saturated heterocycles. The first kappa shape index (κ1) is 15.7. The number of aliphatic hydroxyl groups is 1. The third kappa shape index (κ3) is 2.26. The molecule has 2 N–H and O–H groups in total. The second-order valence-electron chi connectivity index (χ2n) is 7.87. The molecule has 0 heterocycles. The van der Waals surface area contributed by atoms with E-state index in [1.54, 1.807) is 0 Å². The minimum absolute atomic E-state index is 0.0200. The summed E-state index contributed by atoms with van der Waals surface area (Å²) in [5.74, 6) is 1.71. The lowest BCUT2D eigenvalue weighted by molar-refractivity contribution is -0.147. The van der Waals surface area contributed by atoms with Gasteiger partial charge in [-0.2, -0.15) is 5.26 Å². The summed E-state index contributed by atoms with van der Waals surface area (Å²) >= 11 is 0. The lowest BCUT2D eigenvalue weighted by atomic mass is 9.42. The van der Waals surface area contributed by atoms with Crippen LogP contribution >= 0.6 is 0 Å². The number of amides is 1. The SMILES string of the molecule is N#CCNC(=O)CC1(c2ccccc2)C2CC3CC1CC(C2)C3O. The van der Waals surface area contributed by atoms with Crippen LogP contribution in [0.15, 0.2) is 30.3 Å². The van der Waals surface area contributed by atoms with Gasteiger partial charge in [0, 0.05) is 11.8 Å². The first-order valence-corrected chi connectivity index (χ1v) is 9.02. The van der Waals surface area contributed by atoms with Gasteiger partial charge in [-0.05, 0) is 54.9 Å². The number of carbonyl (C=O) groups excluding carboxylic acids is 1. The molecule has 4 fully saturated rings. The van der Waals surface area contributed by atoms with E-state index in [0.717, 1.165) is 25.7 Å². The van der Waals surface area contributed by atoms with Crippen LogP contribution in [0, 0.1) is 35.0 Å². The highest BCUT2D eigenvalue weighted by atomic mass is 16.3. The molecule has 4 saturated carbocycles. The van der Waals surface area contributed by atoms with Gasteiger partial charge in [0.25, 0.3) is 0 Å². The fraction of sp³-hybridized carbons (Fsp3) is 0.600. The van der Waals surface area contributed by atoms with Crippen LogP contribution in [0.5, 0.6) is 0 Å². The van der Waals surface area contributed by atoms with Gasteiger partial charge in [-0.3, -0.25) is 4.79 Å². The number of nitriles is 1. The number of carbonyl (C=O) groups is 1. The first-order chi connectivity index (χ1) is 11.6. The number of hydrogen-bond donors (Lipinski definition) is 2. The van der Waals surface area contributed by atoms with E-state index in [4.69, 9.17) is 5.26 Å². The second-order valence-corrected chi connectivity index (χ2v) is 7.87. The molecule has 4 nitrogen and oxygen atoms in total. The summed E-state index contributed by atoms with van der Waals surface area (Å²) in [5.41, 5.74) is 1.13. The Kier molecular flexibility index (Phi) is 3.85. The van der Waals surface area contributed by atoms with E-state index in [9.17, 15) is 9.90 Å². The van der Waals surface area contributed by atoms with Gasteiger partial charge in [-0.25, -0.2) is 0 Å². The van der Waals surface area contributed by atoms with Crippen molar-refractivity contribution in [2.75, 3.05) is 6.54 Å². The Morgan fingerprint density at radius 1 is 1.17 bits per heavy atom. The average molecular weight is 324 g/mol. The van der Waals surface area contributed by atoms with Crippen molar-refractivity contribution < 1.29 is 9.90 Å². The fourth-order valence-electron chi connectivity index (χ4n) is 6.04. The number of aliphatic hydroxyl groups excluding tert-OH is 1. The van der Waals surface area contributed by atoms with Gasteiger partial charge >= 0.3 is 0 Å². The predicted octanol–water partition coefficient (Wildman–Crippen LogP) is 2.38. The smallest absolute Gasteiger partial charge is 0.221 e. The minimum atomic E-state index is -0.140. The number of rotatable bonds is 4. The highest BCUT2D eigenvalue weighted by Crippen LogP contribution is 2.64. The summed E-state index contributed by atoms with van der Waals surface area (Å²) in [4.78, 5) is 12.5. The maximum atomic E-state index is 12.5. The van der Waals surface area contributed by atoms with E-state index in [2.05, 4.69) is 29.6 Å². The molecule has 4 aliphatic carbocycles. The molecule has 0 aliphatic heterocycles. The largest absolute Gasteiger partial charge is 0.393 e. The number of hydrogen-bond acceptors (Lipinski definition) is 3. The summed E-state index contributed by atoms with van der Waals surface area (Å²) in [5, 5.41) is 21.9. The topological polar surface area (TPSA) is 73.1 Å². The van der Waals surface area contributed by atoms with Crippen molar-refractivity contribution in [2.45, 2.75) is 43.6 Å². The van der Waals surface area contributed by atoms with E-state index in [1.165, 1.54) is 5.56 Å². The van der Waals surface area contributed by atoms with Crippen molar-refractivity contribution in [3.05, 3.63) is 35.9 Å². The summed E-state index contributed by atoms with van der Waals surface area (Å²) in [6.45, 7) is 0.0724. The zero-order valence-electron chi connectivity index (χ0n) is 13.8. The molecule has 4 aliphatic rings. The Labute approximate surface area is 142 Å². The summed E-state index contributed by atoms with van der Waals surface area (Å²) < 4.78 is 0. The lowest BCUT2D eigenvalue weighted by Gasteiger charge is -2.63. The van der Waals surface area contributed by atoms with E-state index in [0.29, 0.717) is 30.1 Å². The third-order valence-electron chi connectivity index (χ3n) is 6.90. The molecular weight excluding hydrogens is 300 g/mol. The van der Waals surface area contributed by atoms with Gasteiger partial charge in [0.1, 0.15) is 6.54 Å². The van der Waals surface area contributed by atoms with Gasteiger partial charge in [0.15, 0.2) is 0 Å². The molecule has 0 aromatic heterocycles. The van der Waals surface area contributed by atoms with Crippen LogP contribution in [0.25, 0.3) is 0 Å². The van der Waals surface area contributed by atoms with Crippen molar-refractivity contribution in [3.8, 4) is 6.07 Å².